The van der Waals surface area contributed by atoms with Crippen LogP contribution in [0.1, 0.15) is 5.56 Å². The summed E-state index contributed by atoms with van der Waals surface area (Å²) in [5, 5.41) is 8.49. The van der Waals surface area contributed by atoms with Gasteiger partial charge in [0, 0.05) is 5.69 Å². The Labute approximate surface area is 82.5 Å². The van der Waals surface area contributed by atoms with Crippen LogP contribution in [0.4, 0.5) is 10.1 Å². The maximum Gasteiger partial charge on any atom is 0.307 e. The summed E-state index contributed by atoms with van der Waals surface area (Å²) in [5.41, 5.74) is 5.91. The lowest BCUT2D eigenvalue weighted by Gasteiger charge is -2.03. The van der Waals surface area contributed by atoms with Gasteiger partial charge in [0.1, 0.15) is 5.82 Å². The molecule has 3 nitrogen and oxygen atoms in total. The second kappa shape index (κ2) is 3.74. The first-order valence-corrected chi connectivity index (χ1v) is 4.25. The van der Waals surface area contributed by atoms with Gasteiger partial charge in [-0.05, 0) is 33.6 Å². The molecule has 0 bridgehead atoms. The van der Waals surface area contributed by atoms with E-state index in [9.17, 15) is 9.18 Å². The largest absolute Gasteiger partial charge is 0.481 e. The van der Waals surface area contributed by atoms with Crippen LogP contribution in [-0.4, -0.2) is 11.1 Å². The number of benzene rings is 1. The average molecular weight is 248 g/mol. The fourth-order valence-corrected chi connectivity index (χ4v) is 1.33. The summed E-state index contributed by atoms with van der Waals surface area (Å²) in [6, 6.07) is 2.57. The number of halogens is 2. The van der Waals surface area contributed by atoms with Crippen molar-refractivity contribution in [2.45, 2.75) is 6.42 Å². The van der Waals surface area contributed by atoms with Crippen molar-refractivity contribution >= 4 is 27.6 Å². The van der Waals surface area contributed by atoms with Gasteiger partial charge in [0.05, 0.1) is 10.9 Å². The Hall–Kier alpha value is -1.10. The molecule has 0 saturated carbocycles. The van der Waals surface area contributed by atoms with Crippen LogP contribution in [-0.2, 0) is 11.2 Å². The maximum absolute atomic E-state index is 13.0. The van der Waals surface area contributed by atoms with Crippen molar-refractivity contribution in [2.75, 3.05) is 5.73 Å². The number of carbonyl (C=O) groups is 1. The Kier molecular flexibility index (Phi) is 2.87. The smallest absolute Gasteiger partial charge is 0.307 e. The lowest BCUT2D eigenvalue weighted by atomic mass is 10.1. The van der Waals surface area contributed by atoms with Gasteiger partial charge in [-0.3, -0.25) is 4.79 Å². The molecule has 0 atom stereocenters. The number of carboxylic acid groups (broad SMARTS) is 1. The van der Waals surface area contributed by atoms with E-state index in [1.54, 1.807) is 0 Å². The molecule has 1 aromatic rings. The maximum atomic E-state index is 13.0. The van der Waals surface area contributed by atoms with E-state index in [1.807, 2.05) is 0 Å². The molecule has 3 N–H and O–H groups in total. The van der Waals surface area contributed by atoms with Crippen LogP contribution in [0.15, 0.2) is 16.6 Å². The molecule has 0 aromatic heterocycles. The van der Waals surface area contributed by atoms with Gasteiger partial charge in [-0.15, -0.1) is 0 Å². The first kappa shape index (κ1) is 9.98. The zero-order chi connectivity index (χ0) is 10.0. The third-order valence-electron chi connectivity index (χ3n) is 1.47. The first-order valence-electron chi connectivity index (χ1n) is 3.46. The lowest BCUT2D eigenvalue weighted by Crippen LogP contribution is -2.03. The van der Waals surface area contributed by atoms with Crippen LogP contribution in [0.25, 0.3) is 0 Å². The van der Waals surface area contributed by atoms with E-state index < -0.39 is 11.8 Å². The highest BCUT2D eigenvalue weighted by atomic mass is 79.9. The number of hydrogen-bond donors (Lipinski definition) is 2. The van der Waals surface area contributed by atoms with Crippen molar-refractivity contribution in [3.63, 3.8) is 0 Å². The molecule has 70 valence electrons. The molecule has 0 heterocycles. The van der Waals surface area contributed by atoms with Gasteiger partial charge in [0.2, 0.25) is 0 Å². The molecule has 0 saturated heterocycles. The Morgan fingerprint density at radius 3 is 2.77 bits per heavy atom. The molecule has 0 spiro atoms. The van der Waals surface area contributed by atoms with Crippen molar-refractivity contribution < 1.29 is 14.3 Å². The molecular weight excluding hydrogens is 241 g/mol. The van der Waals surface area contributed by atoms with Gasteiger partial charge < -0.3 is 10.8 Å². The van der Waals surface area contributed by atoms with Gasteiger partial charge in [0.15, 0.2) is 0 Å². The minimum Gasteiger partial charge on any atom is -0.481 e. The zero-order valence-corrected chi connectivity index (χ0v) is 8.14. The SMILES string of the molecule is Nc1cc(F)c(Br)c(CC(=O)O)c1. The van der Waals surface area contributed by atoms with Crippen LogP contribution in [0, 0.1) is 5.82 Å². The number of carboxylic acids is 1. The lowest BCUT2D eigenvalue weighted by molar-refractivity contribution is -0.136. The Morgan fingerprint density at radius 2 is 2.23 bits per heavy atom. The highest BCUT2D eigenvalue weighted by molar-refractivity contribution is 9.10. The van der Waals surface area contributed by atoms with Gasteiger partial charge in [-0.1, -0.05) is 0 Å². The van der Waals surface area contributed by atoms with Crippen molar-refractivity contribution in [3.8, 4) is 0 Å². The zero-order valence-electron chi connectivity index (χ0n) is 6.55. The predicted octanol–water partition coefficient (Wildman–Crippen LogP) is 1.80. The van der Waals surface area contributed by atoms with Crippen LogP contribution in [0.2, 0.25) is 0 Å². The Balaban J connectivity index is 3.12. The van der Waals surface area contributed by atoms with Crippen LogP contribution >= 0.6 is 15.9 Å². The summed E-state index contributed by atoms with van der Waals surface area (Å²) in [4.78, 5) is 10.4. The minimum atomic E-state index is -1.02. The van der Waals surface area contributed by atoms with Crippen molar-refractivity contribution in [1.82, 2.24) is 0 Å². The van der Waals surface area contributed by atoms with Crippen LogP contribution in [0.3, 0.4) is 0 Å². The summed E-state index contributed by atoms with van der Waals surface area (Å²) < 4.78 is 13.1. The fraction of sp³-hybridized carbons (Fsp3) is 0.125. The summed E-state index contributed by atoms with van der Waals surface area (Å²) in [5.74, 6) is -1.57. The molecule has 0 radical (unpaired) electrons. The Bertz CT molecular complexity index is 354. The summed E-state index contributed by atoms with van der Waals surface area (Å²) in [6.45, 7) is 0. The number of hydrogen-bond acceptors (Lipinski definition) is 2. The summed E-state index contributed by atoms with van der Waals surface area (Å²) in [7, 11) is 0. The Morgan fingerprint density at radius 1 is 1.62 bits per heavy atom. The third kappa shape index (κ3) is 2.42. The van der Waals surface area contributed by atoms with Gasteiger partial charge >= 0.3 is 5.97 Å². The summed E-state index contributed by atoms with van der Waals surface area (Å²) in [6.07, 6.45) is -0.247. The predicted molar refractivity (Wildman–Crippen MR) is 49.9 cm³/mol. The molecular formula is C8H7BrFNO2. The molecule has 0 aliphatic heterocycles. The number of nitrogens with two attached hydrogens (primary N) is 1. The number of aliphatic carboxylic acids is 1. The van der Waals surface area contributed by atoms with Crippen LogP contribution < -0.4 is 5.73 Å². The highest BCUT2D eigenvalue weighted by Crippen LogP contribution is 2.24. The number of nitrogen functional groups attached to an aromatic ring is 1. The quantitative estimate of drug-likeness (QED) is 0.784. The molecule has 5 heteroatoms. The monoisotopic (exact) mass is 247 g/mol. The van der Waals surface area contributed by atoms with E-state index >= 15 is 0 Å². The topological polar surface area (TPSA) is 63.3 Å². The molecule has 0 aliphatic carbocycles. The third-order valence-corrected chi connectivity index (χ3v) is 2.36. The summed E-state index contributed by atoms with van der Waals surface area (Å²) >= 11 is 2.95. The number of anilines is 1. The second-order valence-corrected chi connectivity index (χ2v) is 3.34. The van der Waals surface area contributed by atoms with E-state index in [2.05, 4.69) is 15.9 Å². The van der Waals surface area contributed by atoms with E-state index in [4.69, 9.17) is 10.8 Å². The normalized spacial score (nSPS) is 10.0. The minimum absolute atomic E-state index is 0.157. The molecule has 1 rings (SSSR count). The van der Waals surface area contributed by atoms with Gasteiger partial charge in [-0.25, -0.2) is 4.39 Å². The molecule has 0 fully saturated rings. The average Bonchev–Trinajstić information content (AvgIpc) is 1.98. The molecule has 1 aromatic carbocycles. The molecule has 13 heavy (non-hydrogen) atoms. The van der Waals surface area contributed by atoms with Crippen molar-refractivity contribution in [1.29, 1.82) is 0 Å². The molecule has 0 amide bonds. The first-order chi connectivity index (χ1) is 6.00. The van der Waals surface area contributed by atoms with Gasteiger partial charge in [-0.2, -0.15) is 0 Å². The molecule has 0 unspecified atom stereocenters. The fourth-order valence-electron chi connectivity index (χ4n) is 0.961. The van der Waals surface area contributed by atoms with E-state index in [0.29, 0.717) is 5.56 Å². The van der Waals surface area contributed by atoms with E-state index in [0.717, 1.165) is 6.07 Å². The highest BCUT2D eigenvalue weighted by Gasteiger charge is 2.10. The second-order valence-electron chi connectivity index (χ2n) is 2.55. The van der Waals surface area contributed by atoms with Crippen molar-refractivity contribution in [2.24, 2.45) is 0 Å². The number of rotatable bonds is 2. The standard InChI is InChI=1S/C8H7BrFNO2/c9-8-4(2-7(12)13)1-5(11)3-6(8)10/h1,3H,2,11H2,(H,12,13). The van der Waals surface area contributed by atoms with Crippen molar-refractivity contribution in [3.05, 3.63) is 28.0 Å². The van der Waals surface area contributed by atoms with Gasteiger partial charge in [0.25, 0.3) is 0 Å². The molecule has 0 aliphatic rings. The van der Waals surface area contributed by atoms with E-state index in [-0.39, 0.29) is 16.6 Å². The van der Waals surface area contributed by atoms with Crippen LogP contribution in [0.5, 0.6) is 0 Å². The van der Waals surface area contributed by atoms with E-state index in [1.165, 1.54) is 6.07 Å².